The van der Waals surface area contributed by atoms with Gasteiger partial charge < -0.3 is 19.7 Å². The summed E-state index contributed by atoms with van der Waals surface area (Å²) < 4.78 is 40.6. The number of pyridine rings is 2. The molecule has 2 aromatic heterocycles. The number of nitrogens with zero attached hydrogens (tertiary/aromatic N) is 3. The highest BCUT2D eigenvalue weighted by Gasteiger charge is 2.34. The predicted octanol–water partition coefficient (Wildman–Crippen LogP) is 3.56. The summed E-state index contributed by atoms with van der Waals surface area (Å²) in [7, 11) is 0. The van der Waals surface area contributed by atoms with E-state index in [0.29, 0.717) is 24.6 Å². The van der Waals surface area contributed by atoms with Crippen LogP contribution < -0.4 is 15.0 Å². The van der Waals surface area contributed by atoms with Crippen molar-refractivity contribution in [2.24, 2.45) is 0 Å². The molecule has 0 spiro atoms. The number of ketones is 1. The van der Waals surface area contributed by atoms with Crippen molar-refractivity contribution in [2.75, 3.05) is 43.1 Å². The van der Waals surface area contributed by atoms with Crippen LogP contribution in [0.2, 0.25) is 0 Å². The van der Waals surface area contributed by atoms with Crippen LogP contribution in [-0.4, -0.2) is 48.6 Å². The highest BCUT2D eigenvalue weighted by Crippen LogP contribution is 2.34. The first kappa shape index (κ1) is 21.3. The minimum Gasteiger partial charge on any atom is -0.486 e. The highest BCUT2D eigenvalue weighted by atomic mass is 19.1. The number of nitrogens with one attached hydrogen (secondary N) is 1. The number of halogens is 2. The number of hydrogen-bond acceptors (Lipinski definition) is 7. The molecule has 1 saturated heterocycles. The zero-order valence-electron chi connectivity index (χ0n) is 17.8. The number of carbonyl (C=O) groups is 1. The minimum atomic E-state index is -1.00. The summed E-state index contributed by atoms with van der Waals surface area (Å²) in [6.45, 7) is 3.14. The third-order valence-electron chi connectivity index (χ3n) is 5.85. The van der Waals surface area contributed by atoms with E-state index < -0.39 is 28.9 Å². The second-order valence-corrected chi connectivity index (χ2v) is 7.89. The molecule has 1 N–H and O–H groups in total. The molecule has 1 fully saturated rings. The average Bonchev–Trinajstić information content (AvgIpc) is 3.29. The largest absolute Gasteiger partial charge is 0.486 e. The lowest BCUT2D eigenvalue weighted by atomic mass is 9.92. The summed E-state index contributed by atoms with van der Waals surface area (Å²) in [6, 6.07) is 9.39. The van der Waals surface area contributed by atoms with Crippen molar-refractivity contribution < 1.29 is 23.0 Å². The molecule has 1 atom stereocenters. The van der Waals surface area contributed by atoms with E-state index in [1.807, 2.05) is 12.1 Å². The monoisotopic (exact) mass is 452 g/mol. The third-order valence-corrected chi connectivity index (χ3v) is 5.85. The topological polar surface area (TPSA) is 76.6 Å². The third kappa shape index (κ3) is 4.23. The van der Waals surface area contributed by atoms with Crippen LogP contribution in [0.15, 0.2) is 48.8 Å². The zero-order chi connectivity index (χ0) is 22.8. The van der Waals surface area contributed by atoms with Gasteiger partial charge in [0.05, 0.1) is 24.7 Å². The molecule has 9 heteroatoms. The maximum atomic E-state index is 15.2. The summed E-state index contributed by atoms with van der Waals surface area (Å²) in [5.74, 6) is -2.08. The fraction of sp³-hybridized carbons (Fsp3) is 0.292. The number of rotatable bonds is 6. The Hall–Kier alpha value is -3.59. The number of hydrogen-bond donors (Lipinski definition) is 1. The van der Waals surface area contributed by atoms with Gasteiger partial charge in [-0.2, -0.15) is 0 Å². The van der Waals surface area contributed by atoms with Gasteiger partial charge in [-0.15, -0.1) is 0 Å². The maximum Gasteiger partial charge on any atom is 0.178 e. The van der Waals surface area contributed by atoms with Gasteiger partial charge in [0.1, 0.15) is 24.1 Å². The molecule has 0 saturated carbocycles. The number of Topliss-reactive ketones (excluding diaryl/α,β-unsaturated/α-hetero) is 1. The van der Waals surface area contributed by atoms with Gasteiger partial charge >= 0.3 is 0 Å². The summed E-state index contributed by atoms with van der Waals surface area (Å²) in [4.78, 5) is 23.8. The van der Waals surface area contributed by atoms with E-state index in [-0.39, 0.29) is 18.9 Å². The molecular weight excluding hydrogens is 430 g/mol. The van der Waals surface area contributed by atoms with Gasteiger partial charge in [0, 0.05) is 43.2 Å². The van der Waals surface area contributed by atoms with Crippen molar-refractivity contribution in [1.29, 1.82) is 0 Å². The number of anilines is 2. The molecular formula is C24H22F2N4O3. The van der Waals surface area contributed by atoms with Crippen molar-refractivity contribution in [2.45, 2.75) is 12.5 Å². The average molecular weight is 452 g/mol. The van der Waals surface area contributed by atoms with Crippen molar-refractivity contribution in [3.8, 4) is 5.75 Å². The molecule has 3 aromatic rings. The van der Waals surface area contributed by atoms with E-state index in [1.165, 1.54) is 6.07 Å². The van der Waals surface area contributed by atoms with Crippen LogP contribution in [0, 0.1) is 11.6 Å². The van der Waals surface area contributed by atoms with Crippen molar-refractivity contribution >= 4 is 17.4 Å². The van der Waals surface area contributed by atoms with E-state index >= 15 is 4.39 Å². The van der Waals surface area contributed by atoms with Crippen LogP contribution in [0.3, 0.4) is 0 Å². The van der Waals surface area contributed by atoms with Gasteiger partial charge in [-0.05, 0) is 24.3 Å². The number of morpholine rings is 1. The van der Waals surface area contributed by atoms with Crippen molar-refractivity contribution in [3.63, 3.8) is 0 Å². The van der Waals surface area contributed by atoms with Crippen LogP contribution in [0.5, 0.6) is 5.75 Å². The van der Waals surface area contributed by atoms with Crippen molar-refractivity contribution in [1.82, 2.24) is 9.97 Å². The molecule has 1 unspecified atom stereocenters. The Morgan fingerprint density at radius 1 is 1.15 bits per heavy atom. The summed E-state index contributed by atoms with van der Waals surface area (Å²) in [5.41, 5.74) is 0.749. The standard InChI is InChI=1S/C24H22F2N4O3/c25-18-4-5-19(33-14-15-3-6-20(28-12-15)30-8-10-32-11-9-30)22(26)21(18)23(31)17-13-29-24-16(17)2-1-7-27-24/h1-7,12,17H,8-11,13-14H2,(H,27,29). The van der Waals surface area contributed by atoms with Crippen molar-refractivity contribution in [3.05, 3.63) is 77.1 Å². The van der Waals surface area contributed by atoms with Crippen LogP contribution in [-0.2, 0) is 11.3 Å². The van der Waals surface area contributed by atoms with E-state index in [2.05, 4.69) is 20.2 Å². The smallest absolute Gasteiger partial charge is 0.178 e. The second kappa shape index (κ2) is 9.11. The quantitative estimate of drug-likeness (QED) is 0.573. The lowest BCUT2D eigenvalue weighted by Crippen LogP contribution is -2.36. The highest BCUT2D eigenvalue weighted by molar-refractivity contribution is 6.03. The first-order valence-corrected chi connectivity index (χ1v) is 10.7. The fourth-order valence-corrected chi connectivity index (χ4v) is 4.08. The zero-order valence-corrected chi connectivity index (χ0v) is 17.8. The van der Waals surface area contributed by atoms with E-state index in [1.54, 1.807) is 24.5 Å². The Kier molecular flexibility index (Phi) is 5.87. The number of aromatic nitrogens is 2. The predicted molar refractivity (Wildman–Crippen MR) is 118 cm³/mol. The van der Waals surface area contributed by atoms with Crippen LogP contribution >= 0.6 is 0 Å². The van der Waals surface area contributed by atoms with E-state index in [4.69, 9.17) is 9.47 Å². The van der Waals surface area contributed by atoms with Gasteiger partial charge in [-0.1, -0.05) is 12.1 Å². The lowest BCUT2D eigenvalue weighted by Gasteiger charge is -2.27. The SMILES string of the molecule is O=C(c1c(F)ccc(OCc2ccc(N3CCOCC3)nc2)c1F)C1CNc2ncccc21. The van der Waals surface area contributed by atoms with Gasteiger partial charge in [0.2, 0.25) is 0 Å². The second-order valence-electron chi connectivity index (χ2n) is 7.89. The molecule has 7 nitrogen and oxygen atoms in total. The molecule has 5 rings (SSSR count). The first-order chi connectivity index (χ1) is 16.1. The van der Waals surface area contributed by atoms with Gasteiger partial charge in [0.25, 0.3) is 0 Å². The lowest BCUT2D eigenvalue weighted by molar-refractivity contribution is 0.0957. The fourth-order valence-electron chi connectivity index (χ4n) is 4.08. The Balaban J connectivity index is 1.31. The molecule has 2 aliphatic rings. The number of fused-ring (bicyclic) bond motifs is 1. The molecule has 33 heavy (non-hydrogen) atoms. The maximum absolute atomic E-state index is 15.2. The summed E-state index contributed by atoms with van der Waals surface area (Å²) in [6.07, 6.45) is 3.25. The van der Waals surface area contributed by atoms with Gasteiger partial charge in [-0.3, -0.25) is 4.79 Å². The van der Waals surface area contributed by atoms with Crippen LogP contribution in [0.25, 0.3) is 0 Å². The number of carbonyl (C=O) groups excluding carboxylic acids is 1. The molecule has 0 radical (unpaired) electrons. The molecule has 1 aromatic carbocycles. The Morgan fingerprint density at radius 2 is 2.00 bits per heavy atom. The normalized spacial score (nSPS) is 17.4. The first-order valence-electron chi connectivity index (χ1n) is 10.7. The van der Waals surface area contributed by atoms with E-state index in [0.717, 1.165) is 30.5 Å². The van der Waals surface area contributed by atoms with Gasteiger partial charge in [-0.25, -0.2) is 18.7 Å². The molecule has 170 valence electrons. The van der Waals surface area contributed by atoms with Crippen LogP contribution in [0.4, 0.5) is 20.4 Å². The molecule has 0 aliphatic carbocycles. The Bertz CT molecular complexity index is 1170. The van der Waals surface area contributed by atoms with Gasteiger partial charge in [0.15, 0.2) is 17.3 Å². The summed E-state index contributed by atoms with van der Waals surface area (Å²) >= 11 is 0. The molecule has 0 bridgehead atoms. The van der Waals surface area contributed by atoms with Crippen LogP contribution in [0.1, 0.15) is 27.4 Å². The molecule has 2 aliphatic heterocycles. The van der Waals surface area contributed by atoms with E-state index in [9.17, 15) is 9.18 Å². The number of benzene rings is 1. The minimum absolute atomic E-state index is 0.0321. The summed E-state index contributed by atoms with van der Waals surface area (Å²) in [5, 5.41) is 3.00. The number of ether oxygens (including phenoxy) is 2. The molecule has 4 heterocycles. The molecule has 0 amide bonds. The Morgan fingerprint density at radius 3 is 2.79 bits per heavy atom. The Labute approximate surface area is 189 Å².